The molecule has 0 spiro atoms. The molecule has 0 aromatic carbocycles. The van der Waals surface area contributed by atoms with Crippen molar-refractivity contribution in [1.82, 2.24) is 9.97 Å². The van der Waals surface area contributed by atoms with Crippen LogP contribution in [-0.2, 0) is 0 Å². The Hall–Kier alpha value is -1.56. The van der Waals surface area contributed by atoms with Gasteiger partial charge in [0, 0.05) is 31.2 Å². The zero-order valence-corrected chi connectivity index (χ0v) is 12.3. The van der Waals surface area contributed by atoms with Crippen molar-refractivity contribution in [3.63, 3.8) is 0 Å². The van der Waals surface area contributed by atoms with Gasteiger partial charge in [-0.2, -0.15) is 9.97 Å². The number of nitrogens with one attached hydrogen (secondary N) is 1. The first-order chi connectivity index (χ1) is 10.2. The highest BCUT2D eigenvalue weighted by atomic mass is 15.2. The van der Waals surface area contributed by atoms with Gasteiger partial charge >= 0.3 is 0 Å². The quantitative estimate of drug-likeness (QED) is 0.774. The standard InChI is InChI=1S/C15H24N6/c16-11-3-4-21(8-11)14-7-13(19-15(17)20-14)18-12-6-9-1-2-10(12)5-9/h7,9-12H,1-6,8,16H2,(H3,17,18,19,20)/t9?,10-,11+,12?/m1/s1. The summed E-state index contributed by atoms with van der Waals surface area (Å²) in [5, 5.41) is 3.60. The Morgan fingerprint density at radius 2 is 2.10 bits per heavy atom. The van der Waals surface area contributed by atoms with E-state index in [0.29, 0.717) is 12.0 Å². The van der Waals surface area contributed by atoms with Gasteiger partial charge in [0.25, 0.3) is 0 Å². The van der Waals surface area contributed by atoms with Gasteiger partial charge in [0.1, 0.15) is 11.6 Å². The molecule has 5 N–H and O–H groups in total. The molecule has 2 heterocycles. The minimum absolute atomic E-state index is 0.239. The highest BCUT2D eigenvalue weighted by Crippen LogP contribution is 2.45. The fraction of sp³-hybridized carbons (Fsp3) is 0.733. The molecule has 2 aliphatic carbocycles. The molecule has 2 unspecified atom stereocenters. The van der Waals surface area contributed by atoms with Crippen LogP contribution in [0.4, 0.5) is 17.6 Å². The van der Waals surface area contributed by atoms with Crippen LogP contribution in [0.25, 0.3) is 0 Å². The van der Waals surface area contributed by atoms with Crippen molar-refractivity contribution >= 4 is 17.6 Å². The Morgan fingerprint density at radius 1 is 1.19 bits per heavy atom. The second-order valence-corrected chi connectivity index (χ2v) is 6.89. The number of hydrogen-bond acceptors (Lipinski definition) is 6. The van der Waals surface area contributed by atoms with Crippen LogP contribution >= 0.6 is 0 Å². The van der Waals surface area contributed by atoms with E-state index in [1.54, 1.807) is 0 Å². The van der Waals surface area contributed by atoms with Crippen molar-refractivity contribution in [2.75, 3.05) is 29.0 Å². The van der Waals surface area contributed by atoms with Crippen LogP contribution in [0, 0.1) is 11.8 Å². The van der Waals surface area contributed by atoms with E-state index in [2.05, 4.69) is 20.2 Å². The van der Waals surface area contributed by atoms with Gasteiger partial charge in [-0.3, -0.25) is 0 Å². The van der Waals surface area contributed by atoms with Gasteiger partial charge in [-0.15, -0.1) is 0 Å². The van der Waals surface area contributed by atoms with E-state index in [9.17, 15) is 0 Å². The summed E-state index contributed by atoms with van der Waals surface area (Å²) >= 11 is 0. The van der Waals surface area contributed by atoms with Crippen molar-refractivity contribution in [1.29, 1.82) is 0 Å². The number of nitrogen functional groups attached to an aromatic ring is 1. The molecule has 3 fully saturated rings. The van der Waals surface area contributed by atoms with Crippen LogP contribution in [0.5, 0.6) is 0 Å². The molecule has 4 rings (SSSR count). The summed E-state index contributed by atoms with van der Waals surface area (Å²) in [6.45, 7) is 1.80. The first-order valence-electron chi connectivity index (χ1n) is 8.09. The average molecular weight is 288 g/mol. The highest BCUT2D eigenvalue weighted by Gasteiger charge is 2.39. The second-order valence-electron chi connectivity index (χ2n) is 6.89. The number of nitrogens with two attached hydrogens (primary N) is 2. The minimum atomic E-state index is 0.239. The van der Waals surface area contributed by atoms with Crippen LogP contribution in [0.15, 0.2) is 6.07 Å². The Bertz CT molecular complexity index is 533. The smallest absolute Gasteiger partial charge is 0.223 e. The summed E-state index contributed by atoms with van der Waals surface area (Å²) in [4.78, 5) is 10.9. The molecule has 1 aliphatic heterocycles. The number of nitrogens with zero attached hydrogens (tertiary/aromatic N) is 3. The number of aromatic nitrogens is 2. The fourth-order valence-corrected chi connectivity index (χ4v) is 4.30. The van der Waals surface area contributed by atoms with Crippen molar-refractivity contribution in [2.24, 2.45) is 17.6 Å². The van der Waals surface area contributed by atoms with Crippen LogP contribution in [-0.4, -0.2) is 35.1 Å². The number of hydrogen-bond donors (Lipinski definition) is 3. The van der Waals surface area contributed by atoms with Gasteiger partial charge in [-0.25, -0.2) is 0 Å². The zero-order valence-electron chi connectivity index (χ0n) is 12.3. The maximum Gasteiger partial charge on any atom is 0.223 e. The maximum absolute atomic E-state index is 5.98. The second kappa shape index (κ2) is 5.02. The summed E-state index contributed by atoms with van der Waals surface area (Å²) < 4.78 is 0. The van der Waals surface area contributed by atoms with E-state index in [4.69, 9.17) is 11.5 Å². The molecule has 6 heteroatoms. The topological polar surface area (TPSA) is 93.1 Å². The lowest BCUT2D eigenvalue weighted by Gasteiger charge is -2.24. The molecule has 1 aromatic heterocycles. The maximum atomic E-state index is 5.98. The SMILES string of the molecule is Nc1nc(NC2CC3CC[C@@H]2C3)cc(N2CC[C@H](N)C2)n1. The first-order valence-corrected chi connectivity index (χ1v) is 8.09. The van der Waals surface area contributed by atoms with Gasteiger partial charge in [-0.1, -0.05) is 6.42 Å². The molecule has 21 heavy (non-hydrogen) atoms. The number of rotatable bonds is 3. The Morgan fingerprint density at radius 3 is 2.76 bits per heavy atom. The Labute approximate surface area is 125 Å². The Balaban J connectivity index is 1.51. The van der Waals surface area contributed by atoms with E-state index in [1.165, 1.54) is 25.7 Å². The van der Waals surface area contributed by atoms with E-state index >= 15 is 0 Å². The molecule has 114 valence electrons. The van der Waals surface area contributed by atoms with Crippen LogP contribution in [0.1, 0.15) is 32.1 Å². The van der Waals surface area contributed by atoms with Gasteiger partial charge in [-0.05, 0) is 37.5 Å². The minimum Gasteiger partial charge on any atom is -0.368 e. The third-order valence-electron chi connectivity index (χ3n) is 5.35. The van der Waals surface area contributed by atoms with E-state index in [0.717, 1.165) is 43.0 Å². The monoisotopic (exact) mass is 288 g/mol. The average Bonchev–Trinajstić information content (AvgIpc) is 3.14. The molecule has 0 amide bonds. The largest absolute Gasteiger partial charge is 0.368 e. The number of fused-ring (bicyclic) bond motifs is 2. The molecular formula is C15H24N6. The predicted molar refractivity (Wildman–Crippen MR) is 84.1 cm³/mol. The Kier molecular flexibility index (Phi) is 3.14. The third kappa shape index (κ3) is 2.52. The molecule has 1 aromatic rings. The molecule has 2 bridgehead atoms. The van der Waals surface area contributed by atoms with Crippen LogP contribution in [0.3, 0.4) is 0 Å². The van der Waals surface area contributed by atoms with Gasteiger partial charge in [0.2, 0.25) is 5.95 Å². The molecule has 4 atom stereocenters. The van der Waals surface area contributed by atoms with E-state index in [1.807, 2.05) is 6.07 Å². The highest BCUT2D eigenvalue weighted by molar-refractivity contribution is 5.53. The van der Waals surface area contributed by atoms with E-state index < -0.39 is 0 Å². The summed E-state index contributed by atoms with van der Waals surface area (Å²) in [7, 11) is 0. The lowest BCUT2D eigenvalue weighted by atomic mass is 9.95. The zero-order chi connectivity index (χ0) is 14.4. The van der Waals surface area contributed by atoms with Crippen LogP contribution < -0.4 is 21.7 Å². The van der Waals surface area contributed by atoms with Gasteiger partial charge in [0.05, 0.1) is 0 Å². The summed E-state index contributed by atoms with van der Waals surface area (Å²) in [5.41, 5.74) is 11.9. The lowest BCUT2D eigenvalue weighted by Crippen LogP contribution is -2.28. The van der Waals surface area contributed by atoms with Crippen molar-refractivity contribution < 1.29 is 0 Å². The molecule has 6 nitrogen and oxygen atoms in total. The summed E-state index contributed by atoms with van der Waals surface area (Å²) in [5.74, 6) is 3.85. The van der Waals surface area contributed by atoms with Crippen molar-refractivity contribution in [3.05, 3.63) is 6.07 Å². The normalized spacial score (nSPS) is 34.6. The number of anilines is 3. The molecular weight excluding hydrogens is 264 g/mol. The van der Waals surface area contributed by atoms with Crippen LogP contribution in [0.2, 0.25) is 0 Å². The van der Waals surface area contributed by atoms with Crippen molar-refractivity contribution in [3.8, 4) is 0 Å². The fourth-order valence-electron chi connectivity index (χ4n) is 4.30. The lowest BCUT2D eigenvalue weighted by molar-refractivity contribution is 0.439. The van der Waals surface area contributed by atoms with Gasteiger partial charge < -0.3 is 21.7 Å². The van der Waals surface area contributed by atoms with Crippen molar-refractivity contribution in [2.45, 2.75) is 44.2 Å². The molecule has 2 saturated carbocycles. The summed E-state index contributed by atoms with van der Waals surface area (Å²) in [6, 6.07) is 2.83. The predicted octanol–water partition coefficient (Wildman–Crippen LogP) is 1.20. The molecule has 0 radical (unpaired) electrons. The molecule has 1 saturated heterocycles. The molecule has 3 aliphatic rings. The first kappa shape index (κ1) is 13.1. The third-order valence-corrected chi connectivity index (χ3v) is 5.35. The van der Waals surface area contributed by atoms with Gasteiger partial charge in [0.15, 0.2) is 0 Å². The summed E-state index contributed by atoms with van der Waals surface area (Å²) in [6.07, 6.45) is 6.44. The van der Waals surface area contributed by atoms with E-state index in [-0.39, 0.29) is 6.04 Å².